The van der Waals surface area contributed by atoms with Gasteiger partial charge in [-0.2, -0.15) is 0 Å². The van der Waals surface area contributed by atoms with E-state index in [0.29, 0.717) is 12.1 Å². The zero-order valence-electron chi connectivity index (χ0n) is 10.4. The van der Waals surface area contributed by atoms with Crippen molar-refractivity contribution >= 4 is 49.1 Å². The molecule has 0 fully saturated rings. The van der Waals surface area contributed by atoms with Gasteiger partial charge in [0.2, 0.25) is 0 Å². The molecule has 0 aliphatic heterocycles. The molecule has 100 valence electrons. The number of benzene rings is 1. The Hall–Kier alpha value is -0.650. The molecule has 0 bridgehead atoms. The van der Waals surface area contributed by atoms with Crippen molar-refractivity contribution in [3.05, 3.63) is 54.6 Å². The van der Waals surface area contributed by atoms with E-state index < -0.39 is 0 Å². The lowest BCUT2D eigenvalue weighted by molar-refractivity contribution is 0.0951. The molecule has 0 aliphatic carbocycles. The van der Waals surface area contributed by atoms with E-state index >= 15 is 0 Å². The SMILES string of the molecule is CCc1ccsc1CNC(=O)c1cc(Br)cc(Br)c1. The summed E-state index contributed by atoms with van der Waals surface area (Å²) in [5.74, 6) is -0.0579. The first-order valence-corrected chi connectivity index (χ1v) is 8.36. The number of amides is 1. The topological polar surface area (TPSA) is 29.1 Å². The summed E-state index contributed by atoms with van der Waals surface area (Å²) in [6.45, 7) is 2.71. The maximum Gasteiger partial charge on any atom is 0.251 e. The standard InChI is InChI=1S/C14H13Br2NOS/c1-2-9-3-4-19-13(9)8-17-14(18)10-5-11(15)7-12(16)6-10/h3-7H,2,8H2,1H3,(H,17,18). The van der Waals surface area contributed by atoms with Crippen molar-refractivity contribution in [1.82, 2.24) is 5.32 Å². The van der Waals surface area contributed by atoms with Gasteiger partial charge in [0.1, 0.15) is 0 Å². The first kappa shape index (κ1) is 14.8. The van der Waals surface area contributed by atoms with Crippen LogP contribution in [0.25, 0.3) is 0 Å². The molecule has 19 heavy (non-hydrogen) atoms. The zero-order valence-corrected chi connectivity index (χ0v) is 14.4. The molecule has 0 radical (unpaired) electrons. The van der Waals surface area contributed by atoms with E-state index in [4.69, 9.17) is 0 Å². The molecule has 0 spiro atoms. The second-order valence-corrected chi connectivity index (χ2v) is 6.90. The van der Waals surface area contributed by atoms with Crippen LogP contribution in [0, 0.1) is 0 Å². The average molecular weight is 403 g/mol. The molecule has 1 amide bonds. The fraction of sp³-hybridized carbons (Fsp3) is 0.214. The van der Waals surface area contributed by atoms with Crippen molar-refractivity contribution in [1.29, 1.82) is 0 Å². The minimum Gasteiger partial charge on any atom is -0.347 e. The molecule has 1 aromatic carbocycles. The van der Waals surface area contributed by atoms with E-state index in [1.165, 1.54) is 10.4 Å². The van der Waals surface area contributed by atoms with Crippen molar-refractivity contribution in [2.24, 2.45) is 0 Å². The lowest BCUT2D eigenvalue weighted by atomic mass is 10.2. The van der Waals surface area contributed by atoms with Gasteiger partial charge in [-0.25, -0.2) is 0 Å². The summed E-state index contributed by atoms with van der Waals surface area (Å²) >= 11 is 8.46. The molecule has 1 N–H and O–H groups in total. The largest absolute Gasteiger partial charge is 0.347 e. The number of hydrogen-bond donors (Lipinski definition) is 1. The lowest BCUT2D eigenvalue weighted by Gasteiger charge is -2.06. The summed E-state index contributed by atoms with van der Waals surface area (Å²) in [4.78, 5) is 13.3. The maximum atomic E-state index is 12.1. The average Bonchev–Trinajstić information content (AvgIpc) is 2.82. The van der Waals surface area contributed by atoms with Crippen LogP contribution in [0.15, 0.2) is 38.6 Å². The van der Waals surface area contributed by atoms with Crippen LogP contribution in [-0.4, -0.2) is 5.91 Å². The monoisotopic (exact) mass is 401 g/mol. The molecular weight excluding hydrogens is 390 g/mol. The van der Waals surface area contributed by atoms with Crippen LogP contribution in [0.3, 0.4) is 0 Å². The smallest absolute Gasteiger partial charge is 0.251 e. The molecule has 1 heterocycles. The van der Waals surface area contributed by atoms with E-state index in [1.54, 1.807) is 11.3 Å². The van der Waals surface area contributed by atoms with Gasteiger partial charge in [-0.05, 0) is 41.6 Å². The van der Waals surface area contributed by atoms with Gasteiger partial charge < -0.3 is 5.32 Å². The third-order valence-electron chi connectivity index (χ3n) is 2.75. The number of halogens is 2. The van der Waals surface area contributed by atoms with Gasteiger partial charge in [0, 0.05) is 19.4 Å². The van der Waals surface area contributed by atoms with Crippen molar-refractivity contribution in [3.8, 4) is 0 Å². The number of carbonyl (C=O) groups is 1. The Morgan fingerprint density at radius 3 is 2.58 bits per heavy atom. The van der Waals surface area contributed by atoms with Crippen molar-refractivity contribution in [2.75, 3.05) is 0 Å². The maximum absolute atomic E-state index is 12.1. The van der Waals surface area contributed by atoms with E-state index in [1.807, 2.05) is 18.2 Å². The Bertz CT molecular complexity index is 575. The summed E-state index contributed by atoms with van der Waals surface area (Å²) in [6, 6.07) is 7.65. The Balaban J connectivity index is 2.05. The zero-order chi connectivity index (χ0) is 13.8. The molecule has 2 nitrogen and oxygen atoms in total. The normalized spacial score (nSPS) is 10.5. The summed E-state index contributed by atoms with van der Waals surface area (Å²) in [5.41, 5.74) is 1.96. The predicted octanol–water partition coefficient (Wildman–Crippen LogP) is 4.77. The summed E-state index contributed by atoms with van der Waals surface area (Å²) in [7, 11) is 0. The molecule has 1 aromatic heterocycles. The third kappa shape index (κ3) is 3.91. The summed E-state index contributed by atoms with van der Waals surface area (Å²) in [6.07, 6.45) is 0.997. The highest BCUT2D eigenvalue weighted by atomic mass is 79.9. The Morgan fingerprint density at radius 1 is 1.26 bits per heavy atom. The van der Waals surface area contributed by atoms with E-state index in [9.17, 15) is 4.79 Å². The molecular formula is C14H13Br2NOS. The van der Waals surface area contributed by atoms with Crippen LogP contribution in [-0.2, 0) is 13.0 Å². The minimum absolute atomic E-state index is 0.0579. The van der Waals surface area contributed by atoms with E-state index in [2.05, 4.69) is 55.5 Å². The van der Waals surface area contributed by atoms with Gasteiger partial charge in [-0.15, -0.1) is 11.3 Å². The van der Waals surface area contributed by atoms with Crippen LogP contribution >= 0.6 is 43.2 Å². The Kier molecular flexibility index (Phi) is 5.19. The highest BCUT2D eigenvalue weighted by Gasteiger charge is 2.09. The quantitative estimate of drug-likeness (QED) is 0.784. The van der Waals surface area contributed by atoms with Gasteiger partial charge in [0.25, 0.3) is 5.91 Å². The van der Waals surface area contributed by atoms with Crippen LogP contribution in [0.5, 0.6) is 0 Å². The number of carbonyl (C=O) groups excluding carboxylic acids is 1. The molecule has 0 unspecified atom stereocenters. The minimum atomic E-state index is -0.0579. The summed E-state index contributed by atoms with van der Waals surface area (Å²) in [5, 5.41) is 5.03. The second-order valence-electron chi connectivity index (χ2n) is 4.06. The fourth-order valence-corrected chi connectivity index (χ4v) is 3.99. The van der Waals surface area contributed by atoms with Gasteiger partial charge in [0.05, 0.1) is 6.54 Å². The second kappa shape index (κ2) is 6.68. The first-order valence-electron chi connectivity index (χ1n) is 5.89. The van der Waals surface area contributed by atoms with Crippen molar-refractivity contribution in [2.45, 2.75) is 19.9 Å². The van der Waals surface area contributed by atoms with Gasteiger partial charge in [0.15, 0.2) is 0 Å². The molecule has 2 aromatic rings. The number of aryl methyl sites for hydroxylation is 1. The van der Waals surface area contributed by atoms with E-state index in [0.717, 1.165) is 15.4 Å². The van der Waals surface area contributed by atoms with Gasteiger partial charge >= 0.3 is 0 Å². The molecule has 0 saturated carbocycles. The third-order valence-corrected chi connectivity index (χ3v) is 4.63. The van der Waals surface area contributed by atoms with E-state index in [-0.39, 0.29) is 5.91 Å². The van der Waals surface area contributed by atoms with Gasteiger partial charge in [-0.1, -0.05) is 38.8 Å². The highest BCUT2D eigenvalue weighted by Crippen LogP contribution is 2.21. The van der Waals surface area contributed by atoms with Crippen molar-refractivity contribution < 1.29 is 4.79 Å². The van der Waals surface area contributed by atoms with Crippen LogP contribution in [0.1, 0.15) is 27.7 Å². The lowest BCUT2D eigenvalue weighted by Crippen LogP contribution is -2.22. The number of thiophene rings is 1. The van der Waals surface area contributed by atoms with Crippen LogP contribution in [0.4, 0.5) is 0 Å². The van der Waals surface area contributed by atoms with Crippen LogP contribution in [0.2, 0.25) is 0 Å². The Morgan fingerprint density at radius 2 is 1.95 bits per heavy atom. The molecule has 0 saturated heterocycles. The summed E-state index contributed by atoms with van der Waals surface area (Å²) < 4.78 is 1.77. The number of rotatable bonds is 4. The molecule has 5 heteroatoms. The predicted molar refractivity (Wildman–Crippen MR) is 86.7 cm³/mol. The highest BCUT2D eigenvalue weighted by molar-refractivity contribution is 9.11. The molecule has 0 atom stereocenters. The van der Waals surface area contributed by atoms with Crippen molar-refractivity contribution in [3.63, 3.8) is 0 Å². The fourth-order valence-electron chi connectivity index (χ4n) is 1.78. The van der Waals surface area contributed by atoms with Crippen LogP contribution < -0.4 is 5.32 Å². The molecule has 2 rings (SSSR count). The van der Waals surface area contributed by atoms with Gasteiger partial charge in [-0.3, -0.25) is 4.79 Å². The molecule has 0 aliphatic rings. The Labute approximate surface area is 133 Å². The first-order chi connectivity index (χ1) is 9.10. The number of hydrogen-bond acceptors (Lipinski definition) is 2. The number of nitrogens with one attached hydrogen (secondary N) is 1.